The van der Waals surface area contributed by atoms with Crippen LogP contribution in [0.4, 0.5) is 18.0 Å². The van der Waals surface area contributed by atoms with Crippen LogP contribution in [-0.2, 0) is 19.9 Å². The lowest BCUT2D eigenvalue weighted by Crippen LogP contribution is -2.46. The van der Waals surface area contributed by atoms with Crippen LogP contribution in [0.15, 0.2) is 42.5 Å². The number of carbonyl (C=O) groups excluding carboxylic acids is 2. The minimum atomic E-state index is -4.61. The lowest BCUT2D eigenvalue weighted by Gasteiger charge is -2.30. The molecule has 0 aliphatic rings. The fourth-order valence-electron chi connectivity index (χ4n) is 3.97. The molecule has 2 aromatic rings. The molecule has 0 heterocycles. The smallest absolute Gasteiger partial charge is 0.408 e. The van der Waals surface area contributed by atoms with E-state index in [1.807, 2.05) is 0 Å². The van der Waals surface area contributed by atoms with E-state index in [9.17, 15) is 27.9 Å². The van der Waals surface area contributed by atoms with Crippen molar-refractivity contribution < 1.29 is 37.3 Å². The Balaban J connectivity index is 2.10. The Labute approximate surface area is 259 Å². The van der Waals surface area contributed by atoms with Crippen LogP contribution in [0.5, 0.6) is 0 Å². The molecule has 42 heavy (non-hydrogen) atoms. The van der Waals surface area contributed by atoms with Crippen molar-refractivity contribution in [1.82, 2.24) is 5.32 Å². The van der Waals surface area contributed by atoms with Crippen molar-refractivity contribution in [2.45, 2.75) is 89.8 Å². The number of benzene rings is 2. The van der Waals surface area contributed by atoms with Crippen molar-refractivity contribution in [1.29, 1.82) is 0 Å². The van der Waals surface area contributed by atoms with Crippen LogP contribution in [0.2, 0.25) is 10.0 Å². The van der Waals surface area contributed by atoms with Crippen molar-refractivity contribution in [3.8, 4) is 11.1 Å². The largest absolute Gasteiger partial charge is 0.458 e. The zero-order chi connectivity index (χ0) is 31.9. The van der Waals surface area contributed by atoms with Gasteiger partial charge in [0.25, 0.3) is 0 Å². The summed E-state index contributed by atoms with van der Waals surface area (Å²) < 4.78 is 51.2. The minimum Gasteiger partial charge on any atom is -0.458 e. The van der Waals surface area contributed by atoms with E-state index in [1.165, 1.54) is 23.9 Å². The number of esters is 1. The van der Waals surface area contributed by atoms with E-state index >= 15 is 0 Å². The fraction of sp³-hybridized carbons (Fsp3) is 0.533. The first-order chi connectivity index (χ1) is 19.2. The van der Waals surface area contributed by atoms with Gasteiger partial charge in [-0.05, 0) is 89.1 Å². The first-order valence-corrected chi connectivity index (χ1v) is 15.2. The molecule has 12 heteroatoms. The van der Waals surface area contributed by atoms with Crippen LogP contribution < -0.4 is 5.32 Å². The summed E-state index contributed by atoms with van der Waals surface area (Å²) in [5.74, 6) is -0.191. The van der Waals surface area contributed by atoms with E-state index in [0.717, 1.165) is 0 Å². The molecule has 0 fully saturated rings. The van der Waals surface area contributed by atoms with E-state index in [2.05, 4.69) is 5.32 Å². The van der Waals surface area contributed by atoms with E-state index in [0.29, 0.717) is 26.9 Å². The number of alkyl halides is 3. The molecule has 2 N–H and O–H groups in total. The maximum atomic E-state index is 13.5. The van der Waals surface area contributed by atoms with Gasteiger partial charge in [-0.1, -0.05) is 53.5 Å². The predicted molar refractivity (Wildman–Crippen MR) is 162 cm³/mol. The molecule has 0 radical (unpaired) electrons. The average molecular weight is 653 g/mol. The van der Waals surface area contributed by atoms with E-state index in [4.69, 9.17) is 32.7 Å². The highest BCUT2D eigenvalue weighted by Gasteiger charge is 2.42. The Kier molecular flexibility index (Phi) is 12.5. The third kappa shape index (κ3) is 12.6. The first-order valence-electron chi connectivity index (χ1n) is 13.3. The Morgan fingerprint density at radius 1 is 0.929 bits per heavy atom. The summed E-state index contributed by atoms with van der Waals surface area (Å²) in [6.07, 6.45) is -6.88. The summed E-state index contributed by atoms with van der Waals surface area (Å²) in [4.78, 5) is 25.0. The second-order valence-electron chi connectivity index (χ2n) is 11.9. The lowest BCUT2D eigenvalue weighted by molar-refractivity contribution is -0.179. The van der Waals surface area contributed by atoms with Gasteiger partial charge < -0.3 is 19.9 Å². The van der Waals surface area contributed by atoms with Gasteiger partial charge in [0, 0.05) is 15.6 Å². The van der Waals surface area contributed by atoms with Crippen LogP contribution in [0.1, 0.15) is 66.4 Å². The summed E-state index contributed by atoms with van der Waals surface area (Å²) in [6, 6.07) is 10.0. The topological polar surface area (TPSA) is 84.9 Å². The normalized spacial score (nSPS) is 14.6. The number of aliphatic hydroxyl groups is 1. The maximum Gasteiger partial charge on any atom is 0.408 e. The molecule has 0 saturated heterocycles. The summed E-state index contributed by atoms with van der Waals surface area (Å²) in [6.45, 7) is 10.2. The molecule has 1 amide bonds. The number of rotatable bonds is 11. The Morgan fingerprint density at radius 3 is 2.05 bits per heavy atom. The third-order valence-corrected chi connectivity index (χ3v) is 7.32. The summed E-state index contributed by atoms with van der Waals surface area (Å²) in [5.41, 5.74) is -2.31. The van der Waals surface area contributed by atoms with E-state index in [1.54, 1.807) is 71.9 Å². The molecular weight excluding hydrogens is 614 g/mol. The molecule has 0 aromatic heterocycles. The Morgan fingerprint density at radius 2 is 1.52 bits per heavy atom. The molecule has 6 nitrogen and oxygen atoms in total. The monoisotopic (exact) mass is 651 g/mol. The number of carbonyl (C=O) groups is 2. The molecule has 0 aliphatic heterocycles. The van der Waals surface area contributed by atoms with Gasteiger partial charge in [-0.2, -0.15) is 24.9 Å². The second-order valence-corrected chi connectivity index (χ2v) is 14.0. The molecule has 0 aliphatic carbocycles. The highest BCUT2D eigenvalue weighted by atomic mass is 35.5. The van der Waals surface area contributed by atoms with Gasteiger partial charge in [0.05, 0.1) is 12.0 Å². The number of hydrogen-bond acceptors (Lipinski definition) is 6. The molecule has 2 atom stereocenters. The third-order valence-electron chi connectivity index (χ3n) is 5.75. The zero-order valence-electron chi connectivity index (χ0n) is 24.5. The average Bonchev–Trinajstić information content (AvgIpc) is 2.80. The highest BCUT2D eigenvalue weighted by Crippen LogP contribution is 2.39. The van der Waals surface area contributed by atoms with Crippen molar-refractivity contribution in [3.63, 3.8) is 0 Å². The van der Waals surface area contributed by atoms with Gasteiger partial charge in [0.2, 0.25) is 0 Å². The highest BCUT2D eigenvalue weighted by molar-refractivity contribution is 7.99. The van der Waals surface area contributed by atoms with Crippen LogP contribution in [0, 0.1) is 0 Å². The van der Waals surface area contributed by atoms with Crippen LogP contribution in [-0.4, -0.2) is 52.1 Å². The molecule has 0 bridgehead atoms. The number of nitrogens with one attached hydrogen (secondary N) is 1. The van der Waals surface area contributed by atoms with E-state index < -0.39 is 47.5 Å². The molecule has 0 saturated carbocycles. The zero-order valence-corrected chi connectivity index (χ0v) is 26.9. The molecule has 234 valence electrons. The number of alkyl carbamates (subject to hydrolysis) is 1. The second kappa shape index (κ2) is 14.6. The number of hydrogen-bond donors (Lipinski definition) is 2. The Bertz CT molecular complexity index is 1210. The predicted octanol–water partition coefficient (Wildman–Crippen LogP) is 8.55. The summed E-state index contributed by atoms with van der Waals surface area (Å²) >= 11 is 13.5. The molecule has 2 aromatic carbocycles. The Hall–Kier alpha value is -2.14. The number of ether oxygens (including phenoxy) is 2. The van der Waals surface area contributed by atoms with E-state index in [-0.39, 0.29) is 24.2 Å². The van der Waals surface area contributed by atoms with Crippen LogP contribution in [0.3, 0.4) is 0 Å². The van der Waals surface area contributed by atoms with Crippen molar-refractivity contribution in [3.05, 3.63) is 58.1 Å². The van der Waals surface area contributed by atoms with Crippen LogP contribution in [0.25, 0.3) is 11.1 Å². The van der Waals surface area contributed by atoms with Gasteiger partial charge in [-0.15, -0.1) is 0 Å². The quantitative estimate of drug-likeness (QED) is 0.187. The maximum absolute atomic E-state index is 13.5. The summed E-state index contributed by atoms with van der Waals surface area (Å²) in [5, 5.41) is 14.6. The van der Waals surface area contributed by atoms with Gasteiger partial charge in [0.1, 0.15) is 17.2 Å². The van der Waals surface area contributed by atoms with Gasteiger partial charge in [-0.25, -0.2) is 9.59 Å². The fourth-order valence-corrected chi connectivity index (χ4v) is 5.57. The molecular formula is C30H38Cl2F3NO5S. The lowest BCUT2D eigenvalue weighted by atomic mass is 9.86. The summed E-state index contributed by atoms with van der Waals surface area (Å²) in [7, 11) is 0. The number of halogens is 5. The number of amides is 1. The molecule has 0 spiro atoms. The van der Waals surface area contributed by atoms with Crippen LogP contribution >= 0.6 is 35.0 Å². The van der Waals surface area contributed by atoms with Gasteiger partial charge in [0.15, 0.2) is 0 Å². The number of thioether (sulfide) groups is 1. The van der Waals surface area contributed by atoms with Gasteiger partial charge >= 0.3 is 18.2 Å². The first kappa shape index (κ1) is 36.1. The van der Waals surface area contributed by atoms with Crippen molar-refractivity contribution >= 4 is 47.0 Å². The minimum absolute atomic E-state index is 0.118. The SMILES string of the molecule is CC(C)(C)OC(=O)N[C@@H](CCSCCC(O)(CC(F)(F)F)c1ccc(-c2ccc(Cl)cc2Cl)cc1)C(=O)OC(C)(C)C. The molecule has 2 rings (SSSR count). The molecule has 1 unspecified atom stereocenters. The van der Waals surface area contributed by atoms with Crippen molar-refractivity contribution in [2.24, 2.45) is 0 Å². The standard InChI is InChI=1S/C30H38Cl2F3NO5S/c1-27(2,3)40-25(37)24(36-26(38)41-28(4,5)6)13-15-42-16-14-29(39,18-30(33,34)35)20-9-7-19(8-10-20)22-12-11-21(31)17-23(22)32/h7-12,17,24,39H,13-16,18H2,1-6H3,(H,36,38)/t24-,29?/m0/s1. The van der Waals surface area contributed by atoms with Gasteiger partial charge in [-0.3, -0.25) is 0 Å². The van der Waals surface area contributed by atoms with Crippen molar-refractivity contribution in [2.75, 3.05) is 11.5 Å².